The van der Waals surface area contributed by atoms with Gasteiger partial charge in [-0.2, -0.15) is 0 Å². The van der Waals surface area contributed by atoms with Gasteiger partial charge in [0, 0.05) is 18.6 Å². The summed E-state index contributed by atoms with van der Waals surface area (Å²) in [7, 11) is 0. The third kappa shape index (κ3) is 3.56. The van der Waals surface area contributed by atoms with Crippen molar-refractivity contribution >= 4 is 11.6 Å². The van der Waals surface area contributed by atoms with Crippen molar-refractivity contribution in [3.8, 4) is 0 Å². The molecular weight excluding hydrogens is 170 g/mol. The molecule has 0 spiro atoms. The lowest BCUT2D eigenvalue weighted by Gasteiger charge is -2.00. The molecule has 0 amide bonds. The van der Waals surface area contributed by atoms with Gasteiger partial charge >= 0.3 is 0 Å². The Morgan fingerprint density at radius 3 is 2.67 bits per heavy atom. The van der Waals surface area contributed by atoms with Crippen LogP contribution in [0.5, 0.6) is 0 Å². The molecule has 0 fully saturated rings. The first-order valence-corrected chi connectivity index (χ1v) is 4.37. The van der Waals surface area contributed by atoms with E-state index in [1.807, 2.05) is 24.3 Å². The van der Waals surface area contributed by atoms with E-state index in [1.54, 1.807) is 0 Å². The highest BCUT2D eigenvalue weighted by Crippen LogP contribution is 1.96. The summed E-state index contributed by atoms with van der Waals surface area (Å²) in [5.41, 5.74) is 2.82. The average Bonchev–Trinajstić information content (AvgIpc) is 2.14. The van der Waals surface area contributed by atoms with E-state index in [-0.39, 0.29) is 0 Å². The van der Waals surface area contributed by atoms with Crippen molar-refractivity contribution in [1.29, 1.82) is 0 Å². The minimum atomic E-state index is 0.818. The minimum absolute atomic E-state index is 0.818. The molecule has 12 heavy (non-hydrogen) atoms. The number of benzene rings is 1. The molecule has 1 N–H and O–H groups in total. The number of hydrogen-bond acceptors (Lipinski definition) is 1. The minimum Gasteiger partial charge on any atom is -0.309 e. The van der Waals surface area contributed by atoms with Gasteiger partial charge < -0.3 is 5.32 Å². The highest BCUT2D eigenvalue weighted by molar-refractivity contribution is 6.25. The van der Waals surface area contributed by atoms with Crippen molar-refractivity contribution in [3.05, 3.63) is 47.5 Å². The molecule has 0 aliphatic heterocycles. The maximum Gasteiger partial charge on any atom is 0.0208 e. The standard InChI is InChI=1S/C10H12ClN/c11-7-4-8-12-9-10-5-2-1-3-6-10/h1-7,12H,8-9H2. The lowest BCUT2D eigenvalue weighted by Crippen LogP contribution is -2.12. The molecule has 0 aliphatic rings. The highest BCUT2D eigenvalue weighted by atomic mass is 35.5. The molecule has 64 valence electrons. The van der Waals surface area contributed by atoms with Gasteiger partial charge in [-0.05, 0) is 5.56 Å². The highest BCUT2D eigenvalue weighted by Gasteiger charge is 1.86. The van der Waals surface area contributed by atoms with Crippen LogP contribution in [0.1, 0.15) is 5.56 Å². The number of nitrogens with one attached hydrogen (secondary N) is 1. The van der Waals surface area contributed by atoms with Crippen LogP contribution in [0.25, 0.3) is 0 Å². The Kier molecular flexibility index (Phi) is 4.50. The summed E-state index contributed by atoms with van der Waals surface area (Å²) < 4.78 is 0. The molecule has 0 saturated carbocycles. The molecule has 0 aromatic heterocycles. The second kappa shape index (κ2) is 5.81. The van der Waals surface area contributed by atoms with E-state index >= 15 is 0 Å². The fraction of sp³-hybridized carbons (Fsp3) is 0.200. The van der Waals surface area contributed by atoms with Crippen LogP contribution in [0.2, 0.25) is 0 Å². The summed E-state index contributed by atoms with van der Waals surface area (Å²) in [5.74, 6) is 0. The van der Waals surface area contributed by atoms with Gasteiger partial charge in [-0.1, -0.05) is 48.0 Å². The van der Waals surface area contributed by atoms with Crippen LogP contribution in [0.3, 0.4) is 0 Å². The molecule has 0 radical (unpaired) electrons. The Balaban J connectivity index is 2.24. The van der Waals surface area contributed by atoms with Gasteiger partial charge in [-0.25, -0.2) is 0 Å². The predicted octanol–water partition coefficient (Wildman–Crippen LogP) is 2.53. The zero-order chi connectivity index (χ0) is 8.65. The Bertz CT molecular complexity index is 231. The second-order valence-electron chi connectivity index (χ2n) is 2.48. The monoisotopic (exact) mass is 181 g/mol. The fourth-order valence-corrected chi connectivity index (χ4v) is 1.03. The molecule has 0 heterocycles. The van der Waals surface area contributed by atoms with Crippen molar-refractivity contribution in [2.24, 2.45) is 0 Å². The molecule has 1 aromatic rings. The molecule has 1 nitrogen and oxygen atoms in total. The van der Waals surface area contributed by atoms with E-state index in [0.29, 0.717) is 0 Å². The van der Waals surface area contributed by atoms with Crippen LogP contribution in [0.15, 0.2) is 41.9 Å². The first-order valence-electron chi connectivity index (χ1n) is 3.93. The average molecular weight is 182 g/mol. The van der Waals surface area contributed by atoms with Gasteiger partial charge in [-0.15, -0.1) is 0 Å². The van der Waals surface area contributed by atoms with E-state index in [2.05, 4.69) is 17.4 Å². The molecule has 0 unspecified atom stereocenters. The molecule has 0 saturated heterocycles. The maximum atomic E-state index is 5.36. The van der Waals surface area contributed by atoms with Crippen LogP contribution in [0.4, 0.5) is 0 Å². The van der Waals surface area contributed by atoms with Gasteiger partial charge in [-0.3, -0.25) is 0 Å². The lowest BCUT2D eigenvalue weighted by atomic mass is 10.2. The number of hydrogen-bond donors (Lipinski definition) is 1. The van der Waals surface area contributed by atoms with Gasteiger partial charge in [0.05, 0.1) is 0 Å². The third-order valence-corrected chi connectivity index (χ3v) is 1.70. The Morgan fingerprint density at radius 2 is 2.00 bits per heavy atom. The van der Waals surface area contributed by atoms with Gasteiger partial charge in [0.15, 0.2) is 0 Å². The van der Waals surface area contributed by atoms with Crippen LogP contribution >= 0.6 is 11.6 Å². The van der Waals surface area contributed by atoms with Crippen LogP contribution in [0, 0.1) is 0 Å². The van der Waals surface area contributed by atoms with E-state index in [1.165, 1.54) is 11.1 Å². The number of halogens is 1. The lowest BCUT2D eigenvalue weighted by molar-refractivity contribution is 0.760. The van der Waals surface area contributed by atoms with E-state index in [0.717, 1.165) is 13.1 Å². The van der Waals surface area contributed by atoms with E-state index < -0.39 is 0 Å². The molecule has 1 rings (SSSR count). The quantitative estimate of drug-likeness (QED) is 0.704. The summed E-state index contributed by atoms with van der Waals surface area (Å²) in [6, 6.07) is 10.3. The van der Waals surface area contributed by atoms with Crippen LogP contribution in [-0.4, -0.2) is 6.54 Å². The first-order chi connectivity index (χ1) is 5.93. The smallest absolute Gasteiger partial charge is 0.0208 e. The molecule has 0 atom stereocenters. The zero-order valence-corrected chi connectivity index (χ0v) is 7.59. The summed E-state index contributed by atoms with van der Waals surface area (Å²) in [6.45, 7) is 1.71. The molecule has 0 aliphatic carbocycles. The topological polar surface area (TPSA) is 12.0 Å². The number of rotatable bonds is 4. The summed E-state index contributed by atoms with van der Waals surface area (Å²) in [6.07, 6.45) is 1.88. The van der Waals surface area contributed by atoms with Crippen LogP contribution in [-0.2, 0) is 6.54 Å². The summed E-state index contributed by atoms with van der Waals surface area (Å²) in [5, 5.41) is 3.23. The van der Waals surface area contributed by atoms with Crippen molar-refractivity contribution in [1.82, 2.24) is 5.32 Å². The molecular formula is C10H12ClN. The molecule has 2 heteroatoms. The Morgan fingerprint density at radius 1 is 1.25 bits per heavy atom. The molecule has 0 bridgehead atoms. The largest absolute Gasteiger partial charge is 0.309 e. The third-order valence-electron chi connectivity index (χ3n) is 1.52. The van der Waals surface area contributed by atoms with Crippen molar-refractivity contribution in [3.63, 3.8) is 0 Å². The van der Waals surface area contributed by atoms with Crippen LogP contribution < -0.4 is 5.32 Å². The van der Waals surface area contributed by atoms with Gasteiger partial charge in [0.1, 0.15) is 0 Å². The van der Waals surface area contributed by atoms with E-state index in [4.69, 9.17) is 11.6 Å². The second-order valence-corrected chi connectivity index (χ2v) is 2.73. The predicted molar refractivity (Wildman–Crippen MR) is 53.1 cm³/mol. The maximum absolute atomic E-state index is 5.36. The van der Waals surface area contributed by atoms with Crippen molar-refractivity contribution in [2.45, 2.75) is 6.54 Å². The van der Waals surface area contributed by atoms with Crippen molar-refractivity contribution < 1.29 is 0 Å². The van der Waals surface area contributed by atoms with Gasteiger partial charge in [0.2, 0.25) is 0 Å². The Hall–Kier alpha value is -0.790. The SMILES string of the molecule is ClC=CCNCc1ccccc1. The van der Waals surface area contributed by atoms with E-state index in [9.17, 15) is 0 Å². The summed E-state index contributed by atoms with van der Waals surface area (Å²) in [4.78, 5) is 0. The summed E-state index contributed by atoms with van der Waals surface area (Å²) >= 11 is 5.36. The molecule has 1 aromatic carbocycles. The van der Waals surface area contributed by atoms with Gasteiger partial charge in [0.25, 0.3) is 0 Å². The fourth-order valence-electron chi connectivity index (χ4n) is 0.940. The normalized spacial score (nSPS) is 10.8. The Labute approximate surface area is 78.1 Å². The first kappa shape index (κ1) is 9.30. The zero-order valence-electron chi connectivity index (χ0n) is 6.83. The van der Waals surface area contributed by atoms with Crippen molar-refractivity contribution in [2.75, 3.05) is 6.54 Å².